The summed E-state index contributed by atoms with van der Waals surface area (Å²) in [5.74, 6) is 0.232. The quantitative estimate of drug-likeness (QED) is 0.212. The lowest BCUT2D eigenvalue weighted by Crippen LogP contribution is -2.21. The first-order chi connectivity index (χ1) is 7.76. The molecule has 0 aromatic heterocycles. The molecule has 88 valence electrons. The number of carbonyl (C=O) groups excluding carboxylic acids is 2. The summed E-state index contributed by atoms with van der Waals surface area (Å²) in [5.41, 5.74) is 0. The van der Waals surface area contributed by atoms with Gasteiger partial charge in [-0.3, -0.25) is 0 Å². The monoisotopic (exact) mass is 242 g/mol. The highest BCUT2D eigenvalue weighted by atomic mass is 32.2. The highest BCUT2D eigenvalue weighted by Crippen LogP contribution is 2.09. The Hall–Kier alpha value is -1.31. The number of aliphatic imine (C=N–C) groups is 1. The standard InChI is InChI=1S/C10H14N2O3S/c1-2-15-10(14)9(12-8-13)5-3-4-6-16-7-11/h9H,2-6H2,1H3. The Bertz CT molecular complexity index is 295. The minimum absolute atomic E-state index is 0.272. The average Bonchev–Trinajstić information content (AvgIpc) is 2.27. The first-order valence-corrected chi connectivity index (χ1v) is 5.99. The van der Waals surface area contributed by atoms with Gasteiger partial charge in [0.05, 0.1) is 6.61 Å². The number of isocyanates is 1. The molecule has 0 saturated heterocycles. The van der Waals surface area contributed by atoms with E-state index in [1.165, 1.54) is 17.8 Å². The van der Waals surface area contributed by atoms with Gasteiger partial charge in [-0.2, -0.15) is 10.3 Å². The molecule has 1 atom stereocenters. The number of nitrogens with zero attached hydrogens (tertiary/aromatic N) is 2. The van der Waals surface area contributed by atoms with Gasteiger partial charge in [0.15, 0.2) is 6.04 Å². The van der Waals surface area contributed by atoms with Crippen molar-refractivity contribution in [3.8, 4) is 5.40 Å². The number of hydrogen-bond donors (Lipinski definition) is 0. The van der Waals surface area contributed by atoms with Crippen molar-refractivity contribution in [2.24, 2.45) is 4.99 Å². The van der Waals surface area contributed by atoms with Gasteiger partial charge in [0, 0.05) is 5.75 Å². The minimum atomic E-state index is -0.746. The summed E-state index contributed by atoms with van der Waals surface area (Å²) in [4.78, 5) is 24.8. The summed E-state index contributed by atoms with van der Waals surface area (Å²) in [6, 6.07) is -0.746. The molecule has 6 heteroatoms. The molecule has 0 aliphatic carbocycles. The van der Waals surface area contributed by atoms with Gasteiger partial charge < -0.3 is 4.74 Å². The van der Waals surface area contributed by atoms with E-state index in [-0.39, 0.29) is 6.61 Å². The third kappa shape index (κ3) is 7.04. The second kappa shape index (κ2) is 10.2. The van der Waals surface area contributed by atoms with Crippen molar-refractivity contribution >= 4 is 23.8 Å². The fourth-order valence-electron chi connectivity index (χ4n) is 1.09. The van der Waals surface area contributed by atoms with Crippen LogP contribution in [0.25, 0.3) is 0 Å². The van der Waals surface area contributed by atoms with Crippen LogP contribution in [0.1, 0.15) is 26.2 Å². The van der Waals surface area contributed by atoms with E-state index in [2.05, 4.69) is 4.99 Å². The van der Waals surface area contributed by atoms with Crippen molar-refractivity contribution in [2.45, 2.75) is 32.2 Å². The molecular formula is C10H14N2O3S. The van der Waals surface area contributed by atoms with E-state index in [4.69, 9.17) is 10.00 Å². The van der Waals surface area contributed by atoms with Crippen LogP contribution in [0.4, 0.5) is 0 Å². The predicted octanol–water partition coefficient (Wildman–Crippen LogP) is 1.64. The van der Waals surface area contributed by atoms with Gasteiger partial charge in [-0.15, -0.1) is 0 Å². The Labute approximate surface area is 98.9 Å². The van der Waals surface area contributed by atoms with Crippen molar-refractivity contribution in [1.29, 1.82) is 5.26 Å². The maximum absolute atomic E-state index is 11.3. The lowest BCUT2D eigenvalue weighted by atomic mass is 10.1. The largest absolute Gasteiger partial charge is 0.464 e. The second-order valence-electron chi connectivity index (χ2n) is 2.92. The SMILES string of the molecule is CCOC(=O)C(CCCCSC#N)N=C=O. The Kier molecular flexibility index (Phi) is 9.38. The van der Waals surface area contributed by atoms with Crippen LogP contribution >= 0.6 is 11.8 Å². The zero-order valence-corrected chi connectivity index (χ0v) is 9.96. The van der Waals surface area contributed by atoms with E-state index in [1.54, 1.807) is 6.92 Å². The van der Waals surface area contributed by atoms with Gasteiger partial charge >= 0.3 is 5.97 Å². The van der Waals surface area contributed by atoms with Gasteiger partial charge in [0.1, 0.15) is 5.40 Å². The molecule has 0 bridgehead atoms. The Morgan fingerprint density at radius 2 is 2.31 bits per heavy atom. The summed E-state index contributed by atoms with van der Waals surface area (Å²) in [6.45, 7) is 1.97. The molecule has 0 saturated carbocycles. The number of unbranched alkanes of at least 4 members (excludes halogenated alkanes) is 1. The fraction of sp³-hybridized carbons (Fsp3) is 0.700. The number of ether oxygens (including phenoxy) is 1. The molecule has 1 unspecified atom stereocenters. The average molecular weight is 242 g/mol. The predicted molar refractivity (Wildman–Crippen MR) is 60.5 cm³/mol. The van der Waals surface area contributed by atoms with Gasteiger partial charge in [-0.05, 0) is 37.9 Å². The maximum Gasteiger partial charge on any atom is 0.331 e. The van der Waals surface area contributed by atoms with Gasteiger partial charge in [0.25, 0.3) is 0 Å². The summed E-state index contributed by atoms with van der Waals surface area (Å²) in [5, 5.41) is 10.2. The number of rotatable bonds is 8. The van der Waals surface area contributed by atoms with Gasteiger partial charge in [0.2, 0.25) is 6.08 Å². The molecule has 0 fully saturated rings. The van der Waals surface area contributed by atoms with Crippen molar-refractivity contribution in [2.75, 3.05) is 12.4 Å². The molecular weight excluding hydrogens is 228 g/mol. The fourth-order valence-corrected chi connectivity index (χ4v) is 1.53. The number of thioether (sulfide) groups is 1. The third-order valence-corrected chi connectivity index (χ3v) is 2.43. The second-order valence-corrected chi connectivity index (χ2v) is 3.80. The van der Waals surface area contributed by atoms with Crippen LogP contribution in [-0.2, 0) is 14.3 Å². The molecule has 0 rings (SSSR count). The highest BCUT2D eigenvalue weighted by molar-refractivity contribution is 8.03. The van der Waals surface area contributed by atoms with Crippen LogP contribution < -0.4 is 0 Å². The van der Waals surface area contributed by atoms with Crippen molar-refractivity contribution in [3.63, 3.8) is 0 Å². The van der Waals surface area contributed by atoms with E-state index in [0.717, 1.165) is 18.6 Å². The van der Waals surface area contributed by atoms with Gasteiger partial charge in [-0.1, -0.05) is 0 Å². The minimum Gasteiger partial charge on any atom is -0.464 e. The zero-order valence-electron chi connectivity index (χ0n) is 9.14. The molecule has 0 N–H and O–H groups in total. The summed E-state index contributed by atoms with van der Waals surface area (Å²) < 4.78 is 4.77. The van der Waals surface area contributed by atoms with Crippen LogP contribution in [0.3, 0.4) is 0 Å². The molecule has 0 aromatic rings. The van der Waals surface area contributed by atoms with Gasteiger partial charge in [-0.25, -0.2) is 9.59 Å². The van der Waals surface area contributed by atoms with Crippen molar-refractivity contribution < 1.29 is 14.3 Å². The van der Waals surface area contributed by atoms with E-state index in [0.29, 0.717) is 6.42 Å². The van der Waals surface area contributed by atoms with E-state index in [1.807, 2.05) is 5.40 Å². The normalized spacial score (nSPS) is 11.0. The number of thiocyanates is 1. The smallest absolute Gasteiger partial charge is 0.331 e. The number of carbonyl (C=O) groups is 1. The number of hydrogen-bond acceptors (Lipinski definition) is 6. The molecule has 16 heavy (non-hydrogen) atoms. The van der Waals surface area contributed by atoms with E-state index >= 15 is 0 Å². The zero-order chi connectivity index (χ0) is 12.2. The highest BCUT2D eigenvalue weighted by Gasteiger charge is 2.17. The van der Waals surface area contributed by atoms with Crippen LogP contribution in [0.2, 0.25) is 0 Å². The first kappa shape index (κ1) is 14.7. The topological polar surface area (TPSA) is 79.5 Å². The van der Waals surface area contributed by atoms with E-state index < -0.39 is 12.0 Å². The third-order valence-electron chi connectivity index (χ3n) is 1.81. The maximum atomic E-state index is 11.3. The molecule has 0 aliphatic rings. The summed E-state index contributed by atoms with van der Waals surface area (Å²) in [7, 11) is 0. The summed E-state index contributed by atoms with van der Waals surface area (Å²) in [6.07, 6.45) is 3.37. The van der Waals surface area contributed by atoms with Crippen LogP contribution in [-0.4, -0.2) is 30.5 Å². The molecule has 0 aliphatic heterocycles. The molecule has 0 aromatic carbocycles. The van der Waals surface area contributed by atoms with Crippen molar-refractivity contribution in [3.05, 3.63) is 0 Å². The molecule has 0 amide bonds. The first-order valence-electron chi connectivity index (χ1n) is 5.00. The molecule has 0 radical (unpaired) electrons. The Morgan fingerprint density at radius 3 is 2.88 bits per heavy atom. The molecule has 0 heterocycles. The molecule has 5 nitrogen and oxygen atoms in total. The number of nitriles is 1. The number of esters is 1. The van der Waals surface area contributed by atoms with Crippen LogP contribution in [0.15, 0.2) is 4.99 Å². The lowest BCUT2D eigenvalue weighted by molar-refractivity contribution is -0.144. The van der Waals surface area contributed by atoms with E-state index in [9.17, 15) is 9.59 Å². The summed E-state index contributed by atoms with van der Waals surface area (Å²) >= 11 is 1.17. The van der Waals surface area contributed by atoms with Crippen molar-refractivity contribution in [1.82, 2.24) is 0 Å². The lowest BCUT2D eigenvalue weighted by Gasteiger charge is -2.08. The Balaban J connectivity index is 3.90. The van der Waals surface area contributed by atoms with Crippen LogP contribution in [0, 0.1) is 10.7 Å². The molecule has 0 spiro atoms. The Morgan fingerprint density at radius 1 is 1.56 bits per heavy atom. The van der Waals surface area contributed by atoms with Crippen LogP contribution in [0.5, 0.6) is 0 Å².